The summed E-state index contributed by atoms with van der Waals surface area (Å²) in [6, 6.07) is 13.8. The molecule has 148 valence electrons. The number of benzene rings is 2. The first kappa shape index (κ1) is 23.4. The summed E-state index contributed by atoms with van der Waals surface area (Å²) in [5.41, 5.74) is 2.28. The number of hydrogen-bond donors (Lipinski definition) is 2. The number of methoxy groups -OCH3 is 1. The van der Waals surface area contributed by atoms with Crippen LogP contribution >= 0.6 is 35.6 Å². The summed E-state index contributed by atoms with van der Waals surface area (Å²) >= 11 is 6.01. The van der Waals surface area contributed by atoms with Crippen LogP contribution in [0.5, 0.6) is 11.5 Å². The molecule has 2 rings (SSSR count). The number of guanidine groups is 1. The lowest BCUT2D eigenvalue weighted by atomic mass is 10.1. The summed E-state index contributed by atoms with van der Waals surface area (Å²) in [5, 5.41) is 7.38. The summed E-state index contributed by atoms with van der Waals surface area (Å²) < 4.78 is 10.9. The van der Waals surface area contributed by atoms with Gasteiger partial charge in [0, 0.05) is 25.2 Å². The Morgan fingerprint density at radius 1 is 1.07 bits per heavy atom. The average Bonchev–Trinajstić information content (AvgIpc) is 2.65. The molecule has 0 bridgehead atoms. The molecule has 0 radical (unpaired) electrons. The highest BCUT2D eigenvalue weighted by molar-refractivity contribution is 14.0. The van der Waals surface area contributed by atoms with Gasteiger partial charge in [-0.2, -0.15) is 0 Å². The van der Waals surface area contributed by atoms with Crippen molar-refractivity contribution < 1.29 is 9.47 Å². The predicted octanol–water partition coefficient (Wildman–Crippen LogP) is 4.27. The van der Waals surface area contributed by atoms with Crippen molar-refractivity contribution in [2.75, 3.05) is 27.3 Å². The zero-order valence-corrected chi connectivity index (χ0v) is 19.0. The summed E-state index contributed by atoms with van der Waals surface area (Å²) in [6.07, 6.45) is 0.873. The largest absolute Gasteiger partial charge is 0.493 e. The molecule has 0 fully saturated rings. The minimum absolute atomic E-state index is 0. The number of halogens is 2. The zero-order valence-electron chi connectivity index (χ0n) is 15.9. The van der Waals surface area contributed by atoms with Gasteiger partial charge in [-0.05, 0) is 48.7 Å². The normalized spacial score (nSPS) is 10.7. The summed E-state index contributed by atoms with van der Waals surface area (Å²) in [5.74, 6) is 2.23. The molecule has 0 aromatic heterocycles. The Kier molecular flexibility index (Phi) is 11.0. The van der Waals surface area contributed by atoms with Crippen LogP contribution in [0, 0.1) is 0 Å². The monoisotopic (exact) mass is 503 g/mol. The molecular weight excluding hydrogens is 477 g/mol. The quantitative estimate of drug-likeness (QED) is 0.321. The zero-order chi connectivity index (χ0) is 18.8. The van der Waals surface area contributed by atoms with E-state index in [1.165, 1.54) is 5.56 Å². The van der Waals surface area contributed by atoms with E-state index in [9.17, 15) is 0 Å². The van der Waals surface area contributed by atoms with Crippen molar-refractivity contribution in [1.29, 1.82) is 0 Å². The van der Waals surface area contributed by atoms with E-state index < -0.39 is 0 Å². The molecule has 27 heavy (non-hydrogen) atoms. The Labute approximate surface area is 183 Å². The molecule has 0 saturated heterocycles. The van der Waals surface area contributed by atoms with Crippen LogP contribution in [-0.4, -0.2) is 33.3 Å². The molecule has 0 saturated carbocycles. The van der Waals surface area contributed by atoms with Gasteiger partial charge in [-0.3, -0.25) is 4.99 Å². The summed E-state index contributed by atoms with van der Waals surface area (Å²) in [4.78, 5) is 4.26. The van der Waals surface area contributed by atoms with Gasteiger partial charge in [0.05, 0.1) is 13.7 Å². The fourth-order valence-electron chi connectivity index (χ4n) is 2.52. The van der Waals surface area contributed by atoms with Crippen LogP contribution in [0.15, 0.2) is 47.5 Å². The fraction of sp³-hybridized carbons (Fsp3) is 0.350. The SMILES string of the molecule is CCOc1cc(CNC(=NC)NCCc2cccc(Cl)c2)ccc1OC.I. The topological polar surface area (TPSA) is 54.9 Å². The van der Waals surface area contributed by atoms with E-state index >= 15 is 0 Å². The second-order valence-electron chi connectivity index (χ2n) is 5.65. The molecule has 0 unspecified atom stereocenters. The van der Waals surface area contributed by atoms with Crippen molar-refractivity contribution in [2.24, 2.45) is 4.99 Å². The van der Waals surface area contributed by atoms with Gasteiger partial charge in [-0.25, -0.2) is 0 Å². The molecule has 2 aromatic rings. The molecule has 0 aliphatic rings. The summed E-state index contributed by atoms with van der Waals surface area (Å²) in [7, 11) is 3.40. The minimum Gasteiger partial charge on any atom is -0.493 e. The Balaban J connectivity index is 0.00000364. The van der Waals surface area contributed by atoms with Crippen LogP contribution in [0.3, 0.4) is 0 Å². The lowest BCUT2D eigenvalue weighted by Crippen LogP contribution is -2.37. The van der Waals surface area contributed by atoms with Crippen molar-refractivity contribution in [3.8, 4) is 11.5 Å². The van der Waals surface area contributed by atoms with Crippen molar-refractivity contribution in [1.82, 2.24) is 10.6 Å². The van der Waals surface area contributed by atoms with Gasteiger partial charge < -0.3 is 20.1 Å². The predicted molar refractivity (Wildman–Crippen MR) is 123 cm³/mol. The Bertz CT molecular complexity index is 741. The lowest BCUT2D eigenvalue weighted by molar-refractivity contribution is 0.310. The molecule has 0 aliphatic heterocycles. The van der Waals surface area contributed by atoms with E-state index in [2.05, 4.69) is 21.7 Å². The minimum atomic E-state index is 0. The Morgan fingerprint density at radius 2 is 1.89 bits per heavy atom. The van der Waals surface area contributed by atoms with Crippen molar-refractivity contribution in [3.63, 3.8) is 0 Å². The third kappa shape index (κ3) is 7.84. The number of ether oxygens (including phenoxy) is 2. The van der Waals surface area contributed by atoms with Crippen LogP contribution in [-0.2, 0) is 13.0 Å². The third-order valence-electron chi connectivity index (χ3n) is 3.81. The Morgan fingerprint density at radius 3 is 2.56 bits per heavy atom. The van der Waals surface area contributed by atoms with Gasteiger partial charge in [0.25, 0.3) is 0 Å². The first-order chi connectivity index (χ1) is 12.7. The highest BCUT2D eigenvalue weighted by Crippen LogP contribution is 2.27. The van der Waals surface area contributed by atoms with E-state index in [4.69, 9.17) is 21.1 Å². The molecule has 7 heteroatoms. The van der Waals surface area contributed by atoms with Crippen LogP contribution in [0.1, 0.15) is 18.1 Å². The summed E-state index contributed by atoms with van der Waals surface area (Å²) in [6.45, 7) is 3.96. The second-order valence-corrected chi connectivity index (χ2v) is 6.09. The molecule has 0 heterocycles. The number of rotatable bonds is 8. The van der Waals surface area contributed by atoms with E-state index in [0.29, 0.717) is 13.2 Å². The first-order valence-corrected chi connectivity index (χ1v) is 9.02. The number of hydrogen-bond acceptors (Lipinski definition) is 3. The van der Waals surface area contributed by atoms with E-state index in [0.717, 1.165) is 41.0 Å². The Hall–Kier alpha value is -1.67. The van der Waals surface area contributed by atoms with Crippen molar-refractivity contribution in [2.45, 2.75) is 19.9 Å². The highest BCUT2D eigenvalue weighted by atomic mass is 127. The molecule has 2 N–H and O–H groups in total. The maximum Gasteiger partial charge on any atom is 0.191 e. The van der Waals surface area contributed by atoms with Crippen LogP contribution in [0.4, 0.5) is 0 Å². The second kappa shape index (κ2) is 12.7. The highest BCUT2D eigenvalue weighted by Gasteiger charge is 2.06. The van der Waals surface area contributed by atoms with Gasteiger partial charge in [-0.1, -0.05) is 29.8 Å². The first-order valence-electron chi connectivity index (χ1n) is 8.65. The number of nitrogens with zero attached hydrogens (tertiary/aromatic N) is 1. The van der Waals surface area contributed by atoms with E-state index in [1.807, 2.05) is 43.3 Å². The van der Waals surface area contributed by atoms with Gasteiger partial charge in [0.1, 0.15) is 0 Å². The van der Waals surface area contributed by atoms with Gasteiger partial charge in [-0.15, -0.1) is 24.0 Å². The van der Waals surface area contributed by atoms with Crippen LogP contribution in [0.25, 0.3) is 0 Å². The number of aliphatic imine (C=N–C) groups is 1. The smallest absolute Gasteiger partial charge is 0.191 e. The maximum absolute atomic E-state index is 6.01. The van der Waals surface area contributed by atoms with Crippen LogP contribution in [0.2, 0.25) is 5.02 Å². The molecule has 2 aromatic carbocycles. The van der Waals surface area contributed by atoms with E-state index in [-0.39, 0.29) is 24.0 Å². The van der Waals surface area contributed by atoms with E-state index in [1.54, 1.807) is 14.2 Å². The molecule has 0 spiro atoms. The van der Waals surface area contributed by atoms with Crippen molar-refractivity contribution in [3.05, 3.63) is 58.6 Å². The lowest BCUT2D eigenvalue weighted by Gasteiger charge is -2.14. The number of nitrogens with one attached hydrogen (secondary N) is 2. The van der Waals surface area contributed by atoms with Crippen molar-refractivity contribution >= 4 is 41.5 Å². The van der Waals surface area contributed by atoms with Gasteiger partial charge in [0.15, 0.2) is 17.5 Å². The fourth-order valence-corrected chi connectivity index (χ4v) is 2.74. The standard InChI is InChI=1S/C20H26ClN3O2.HI/c1-4-26-19-13-16(8-9-18(19)25-3)14-24-20(22-2)23-11-10-15-6-5-7-17(21)12-15;/h5-9,12-13H,4,10-11,14H2,1-3H3,(H2,22,23,24);1H. The molecule has 0 amide bonds. The van der Waals surface area contributed by atoms with Gasteiger partial charge in [0.2, 0.25) is 0 Å². The molecule has 0 atom stereocenters. The molecule has 0 aliphatic carbocycles. The molecular formula is C20H27ClIN3O2. The third-order valence-corrected chi connectivity index (χ3v) is 4.04. The van der Waals surface area contributed by atoms with Gasteiger partial charge >= 0.3 is 0 Å². The average molecular weight is 504 g/mol. The maximum atomic E-state index is 6.01. The van der Waals surface area contributed by atoms with Crippen LogP contribution < -0.4 is 20.1 Å². The molecule has 5 nitrogen and oxygen atoms in total.